The van der Waals surface area contributed by atoms with Gasteiger partial charge in [-0.2, -0.15) is 9.61 Å². The van der Waals surface area contributed by atoms with Crippen molar-refractivity contribution in [3.05, 3.63) is 23.0 Å². The Bertz CT molecular complexity index is 579. The van der Waals surface area contributed by atoms with E-state index in [1.165, 1.54) is 18.0 Å². The molecular formula is C10H11ClN4O2. The number of aromatic nitrogens is 3. The van der Waals surface area contributed by atoms with Crippen LogP contribution in [0.25, 0.3) is 5.65 Å². The van der Waals surface area contributed by atoms with Crippen molar-refractivity contribution >= 4 is 29.0 Å². The minimum absolute atomic E-state index is 0.220. The number of carbonyl (C=O) groups is 1. The van der Waals surface area contributed by atoms with E-state index in [4.69, 9.17) is 11.6 Å². The number of ether oxygens (including phenoxy) is 1. The normalized spacial score (nSPS) is 10.6. The summed E-state index contributed by atoms with van der Waals surface area (Å²) >= 11 is 6.07. The molecule has 0 saturated carbocycles. The van der Waals surface area contributed by atoms with E-state index in [0.29, 0.717) is 10.7 Å². The van der Waals surface area contributed by atoms with Gasteiger partial charge in [-0.25, -0.2) is 9.78 Å². The van der Waals surface area contributed by atoms with Gasteiger partial charge in [-0.3, -0.25) is 0 Å². The molecule has 0 fully saturated rings. The number of nitrogens with zero attached hydrogens (tertiary/aromatic N) is 4. The molecule has 2 aromatic rings. The third kappa shape index (κ3) is 1.80. The number of hydrogen-bond donors (Lipinski definition) is 0. The summed E-state index contributed by atoms with van der Waals surface area (Å²) < 4.78 is 6.22. The zero-order valence-electron chi connectivity index (χ0n) is 9.64. The smallest absolute Gasteiger partial charge is 0.343 e. The topological polar surface area (TPSA) is 59.7 Å². The molecule has 2 rings (SSSR count). The predicted octanol–water partition coefficient (Wildman–Crippen LogP) is 1.24. The highest BCUT2D eigenvalue weighted by Gasteiger charge is 2.20. The summed E-state index contributed by atoms with van der Waals surface area (Å²) in [5.41, 5.74) is 0.602. The van der Waals surface area contributed by atoms with Crippen molar-refractivity contribution in [2.24, 2.45) is 0 Å². The quantitative estimate of drug-likeness (QED) is 0.755. The molecule has 0 spiro atoms. The average molecular weight is 255 g/mol. The van der Waals surface area contributed by atoms with Crippen LogP contribution >= 0.6 is 11.6 Å². The lowest BCUT2D eigenvalue weighted by Crippen LogP contribution is -2.16. The van der Waals surface area contributed by atoms with Crippen molar-refractivity contribution in [1.29, 1.82) is 0 Å². The molecule has 0 bridgehead atoms. The van der Waals surface area contributed by atoms with Gasteiger partial charge in [-0.15, -0.1) is 0 Å². The number of hydrogen-bond acceptors (Lipinski definition) is 5. The maximum absolute atomic E-state index is 11.6. The van der Waals surface area contributed by atoms with E-state index in [1.807, 2.05) is 19.0 Å². The van der Waals surface area contributed by atoms with Crippen LogP contribution in [0, 0.1) is 0 Å². The lowest BCUT2D eigenvalue weighted by atomic mass is 10.2. The van der Waals surface area contributed by atoms with Crippen LogP contribution in [0.2, 0.25) is 5.02 Å². The first-order valence-corrected chi connectivity index (χ1v) is 5.22. The molecule has 0 aromatic carbocycles. The third-order valence-electron chi connectivity index (χ3n) is 2.33. The number of esters is 1. The van der Waals surface area contributed by atoms with Gasteiger partial charge in [-0.05, 0) is 0 Å². The van der Waals surface area contributed by atoms with Crippen LogP contribution in [0.15, 0.2) is 12.4 Å². The van der Waals surface area contributed by atoms with Gasteiger partial charge in [-0.1, -0.05) is 11.6 Å². The first-order chi connectivity index (χ1) is 8.06. The Morgan fingerprint density at radius 3 is 2.82 bits per heavy atom. The Kier molecular flexibility index (Phi) is 2.89. The Labute approximate surface area is 103 Å². The molecule has 0 aliphatic heterocycles. The van der Waals surface area contributed by atoms with Gasteiger partial charge in [0.15, 0.2) is 5.65 Å². The fourth-order valence-electron chi connectivity index (χ4n) is 1.54. The number of anilines is 1. The van der Waals surface area contributed by atoms with Gasteiger partial charge in [0.25, 0.3) is 0 Å². The van der Waals surface area contributed by atoms with Crippen molar-refractivity contribution in [1.82, 2.24) is 14.6 Å². The lowest BCUT2D eigenvalue weighted by Gasteiger charge is -2.15. The molecule has 2 heterocycles. The molecule has 0 saturated heterocycles. The fraction of sp³-hybridized carbons (Fsp3) is 0.300. The van der Waals surface area contributed by atoms with Crippen LogP contribution in [0.4, 0.5) is 5.82 Å². The van der Waals surface area contributed by atoms with Gasteiger partial charge >= 0.3 is 5.97 Å². The summed E-state index contributed by atoms with van der Waals surface area (Å²) in [5, 5.41) is 4.35. The molecule has 6 nitrogen and oxygen atoms in total. The van der Waals surface area contributed by atoms with E-state index < -0.39 is 5.97 Å². The van der Waals surface area contributed by atoms with Gasteiger partial charge in [0.05, 0.1) is 12.1 Å². The molecule has 0 N–H and O–H groups in total. The molecule has 0 aliphatic carbocycles. The van der Waals surface area contributed by atoms with Crippen LogP contribution in [0.5, 0.6) is 0 Å². The van der Waals surface area contributed by atoms with Crippen LogP contribution < -0.4 is 4.90 Å². The summed E-state index contributed by atoms with van der Waals surface area (Å²) in [6.07, 6.45) is 1.37. The van der Waals surface area contributed by atoms with E-state index in [1.54, 1.807) is 6.07 Å². The number of methoxy groups -OCH3 is 1. The zero-order chi connectivity index (χ0) is 12.6. The number of fused-ring (bicyclic) bond motifs is 1. The standard InChI is InChI=1S/C10H11ClN4O2/c1-14(2)7-4-6(11)8(10(16)17-3)9-12-5-13-15(7)9/h4-5H,1-3H3. The monoisotopic (exact) mass is 254 g/mol. The van der Waals surface area contributed by atoms with E-state index in [0.717, 1.165) is 5.82 Å². The zero-order valence-corrected chi connectivity index (χ0v) is 10.4. The molecular weight excluding hydrogens is 244 g/mol. The van der Waals surface area contributed by atoms with Crippen molar-refractivity contribution in [2.75, 3.05) is 26.1 Å². The summed E-state index contributed by atoms with van der Waals surface area (Å²) in [4.78, 5) is 17.5. The molecule has 0 radical (unpaired) electrons. The van der Waals surface area contributed by atoms with Crippen molar-refractivity contribution in [3.8, 4) is 0 Å². The number of pyridine rings is 1. The van der Waals surface area contributed by atoms with Crippen molar-refractivity contribution < 1.29 is 9.53 Å². The molecule has 0 amide bonds. The Balaban J connectivity index is 2.79. The number of rotatable bonds is 2. The largest absolute Gasteiger partial charge is 0.465 e. The van der Waals surface area contributed by atoms with Crippen LogP contribution in [0.3, 0.4) is 0 Å². The molecule has 90 valence electrons. The first-order valence-electron chi connectivity index (χ1n) is 4.84. The van der Waals surface area contributed by atoms with E-state index in [2.05, 4.69) is 14.8 Å². The van der Waals surface area contributed by atoms with Crippen molar-refractivity contribution in [3.63, 3.8) is 0 Å². The van der Waals surface area contributed by atoms with Crippen LogP contribution in [0.1, 0.15) is 10.4 Å². The van der Waals surface area contributed by atoms with Crippen LogP contribution in [-0.4, -0.2) is 41.8 Å². The van der Waals surface area contributed by atoms with E-state index in [-0.39, 0.29) is 5.56 Å². The Hall–Kier alpha value is -1.82. The van der Waals surface area contributed by atoms with E-state index >= 15 is 0 Å². The first kappa shape index (κ1) is 11.7. The highest BCUT2D eigenvalue weighted by Crippen LogP contribution is 2.26. The average Bonchev–Trinajstić information content (AvgIpc) is 2.75. The van der Waals surface area contributed by atoms with Gasteiger partial charge in [0, 0.05) is 20.2 Å². The minimum Gasteiger partial charge on any atom is -0.465 e. The second-order valence-corrected chi connectivity index (χ2v) is 4.01. The SMILES string of the molecule is COC(=O)c1c(Cl)cc(N(C)C)n2ncnc12. The highest BCUT2D eigenvalue weighted by molar-refractivity contribution is 6.34. The highest BCUT2D eigenvalue weighted by atomic mass is 35.5. The van der Waals surface area contributed by atoms with Crippen LogP contribution in [-0.2, 0) is 4.74 Å². The Morgan fingerprint density at radius 2 is 2.24 bits per heavy atom. The van der Waals surface area contributed by atoms with Gasteiger partial charge in [0.2, 0.25) is 0 Å². The molecule has 0 aliphatic rings. The predicted molar refractivity (Wildman–Crippen MR) is 63.7 cm³/mol. The summed E-state index contributed by atoms with van der Waals surface area (Å²) in [6.45, 7) is 0. The molecule has 0 atom stereocenters. The van der Waals surface area contributed by atoms with Crippen molar-refractivity contribution in [2.45, 2.75) is 0 Å². The van der Waals surface area contributed by atoms with E-state index in [9.17, 15) is 4.79 Å². The molecule has 7 heteroatoms. The minimum atomic E-state index is -0.529. The number of carbonyl (C=O) groups excluding carboxylic acids is 1. The molecule has 2 aromatic heterocycles. The Morgan fingerprint density at radius 1 is 1.53 bits per heavy atom. The second kappa shape index (κ2) is 4.21. The molecule has 0 unspecified atom stereocenters. The lowest BCUT2D eigenvalue weighted by molar-refractivity contribution is 0.0602. The summed E-state index contributed by atoms with van der Waals surface area (Å²) in [7, 11) is 5.00. The fourth-order valence-corrected chi connectivity index (χ4v) is 1.80. The number of halogens is 1. The van der Waals surface area contributed by atoms with Gasteiger partial charge in [0.1, 0.15) is 17.7 Å². The maximum Gasteiger partial charge on any atom is 0.343 e. The second-order valence-electron chi connectivity index (χ2n) is 3.61. The molecule has 17 heavy (non-hydrogen) atoms. The van der Waals surface area contributed by atoms with Gasteiger partial charge < -0.3 is 9.64 Å². The maximum atomic E-state index is 11.6. The third-order valence-corrected chi connectivity index (χ3v) is 2.63. The summed E-state index contributed by atoms with van der Waals surface area (Å²) in [6, 6.07) is 1.65. The summed E-state index contributed by atoms with van der Waals surface area (Å²) in [5.74, 6) is 0.202.